The molecular formula is C15H15NO2. The van der Waals surface area contributed by atoms with Crippen LogP contribution in [-0.4, -0.2) is 22.1 Å². The van der Waals surface area contributed by atoms with E-state index < -0.39 is 6.23 Å². The predicted octanol–water partition coefficient (Wildman–Crippen LogP) is 2.28. The maximum Gasteiger partial charge on any atom is 0.225 e. The molecule has 0 spiro atoms. The van der Waals surface area contributed by atoms with Gasteiger partial charge in [0.05, 0.1) is 0 Å². The molecule has 1 atom stereocenters. The summed E-state index contributed by atoms with van der Waals surface area (Å²) in [5.74, 6) is 0.0374. The van der Waals surface area contributed by atoms with Crippen LogP contribution in [0, 0.1) is 0 Å². The van der Waals surface area contributed by atoms with Crippen molar-refractivity contribution < 1.29 is 9.90 Å². The topological polar surface area (TPSA) is 40.5 Å². The zero-order valence-electron chi connectivity index (χ0n) is 10.0. The van der Waals surface area contributed by atoms with Gasteiger partial charge in [0.2, 0.25) is 5.91 Å². The number of amides is 1. The Morgan fingerprint density at radius 3 is 2.72 bits per heavy atom. The number of likely N-dealkylation sites (tertiary alicyclic amines) is 1. The highest BCUT2D eigenvalue weighted by Crippen LogP contribution is 2.24. The molecule has 2 aromatic carbocycles. The normalized spacial score (nSPS) is 19.7. The van der Waals surface area contributed by atoms with E-state index in [2.05, 4.69) is 18.2 Å². The monoisotopic (exact) mass is 241 g/mol. The van der Waals surface area contributed by atoms with Crippen molar-refractivity contribution in [2.75, 3.05) is 0 Å². The molecule has 1 aliphatic rings. The summed E-state index contributed by atoms with van der Waals surface area (Å²) < 4.78 is 0. The molecule has 1 fully saturated rings. The van der Waals surface area contributed by atoms with Crippen LogP contribution in [-0.2, 0) is 11.3 Å². The highest BCUT2D eigenvalue weighted by Gasteiger charge is 2.29. The van der Waals surface area contributed by atoms with Crippen molar-refractivity contribution in [2.24, 2.45) is 0 Å². The van der Waals surface area contributed by atoms with Crippen LogP contribution in [0.4, 0.5) is 0 Å². The van der Waals surface area contributed by atoms with Crippen molar-refractivity contribution in [3.63, 3.8) is 0 Å². The third-order valence-corrected chi connectivity index (χ3v) is 3.52. The van der Waals surface area contributed by atoms with E-state index in [0.29, 0.717) is 19.4 Å². The number of aliphatic hydroxyl groups is 1. The summed E-state index contributed by atoms with van der Waals surface area (Å²) >= 11 is 0. The minimum atomic E-state index is -0.628. The second kappa shape index (κ2) is 4.42. The number of aliphatic hydroxyl groups excluding tert-OH is 1. The molecule has 92 valence electrons. The fraction of sp³-hybridized carbons (Fsp3) is 0.267. The van der Waals surface area contributed by atoms with Crippen LogP contribution in [0.2, 0.25) is 0 Å². The molecule has 3 rings (SSSR count). The van der Waals surface area contributed by atoms with Crippen LogP contribution in [0.1, 0.15) is 18.4 Å². The number of hydrogen-bond acceptors (Lipinski definition) is 2. The molecule has 3 nitrogen and oxygen atoms in total. The second-order valence-corrected chi connectivity index (χ2v) is 4.68. The van der Waals surface area contributed by atoms with Gasteiger partial charge < -0.3 is 10.0 Å². The number of benzene rings is 2. The molecule has 1 unspecified atom stereocenters. The molecule has 1 N–H and O–H groups in total. The maximum atomic E-state index is 11.7. The fourth-order valence-corrected chi connectivity index (χ4v) is 2.53. The average Bonchev–Trinajstić information content (AvgIpc) is 2.71. The summed E-state index contributed by atoms with van der Waals surface area (Å²) in [5.41, 5.74) is 1.09. The SMILES string of the molecule is O=C1CCC(O)N1Cc1cccc2ccccc12. The van der Waals surface area contributed by atoms with E-state index in [-0.39, 0.29) is 5.91 Å². The predicted molar refractivity (Wildman–Crippen MR) is 69.7 cm³/mol. The van der Waals surface area contributed by atoms with Crippen LogP contribution in [0.15, 0.2) is 42.5 Å². The van der Waals surface area contributed by atoms with E-state index in [9.17, 15) is 9.90 Å². The third-order valence-electron chi connectivity index (χ3n) is 3.52. The van der Waals surface area contributed by atoms with Gasteiger partial charge in [-0.1, -0.05) is 42.5 Å². The van der Waals surface area contributed by atoms with Crippen molar-refractivity contribution in [2.45, 2.75) is 25.6 Å². The molecule has 18 heavy (non-hydrogen) atoms. The lowest BCUT2D eigenvalue weighted by molar-refractivity contribution is -0.133. The van der Waals surface area contributed by atoms with Crippen molar-refractivity contribution in [1.29, 1.82) is 0 Å². The standard InChI is InChI=1S/C15H15NO2/c17-14-8-9-15(18)16(14)10-12-6-3-5-11-4-1-2-7-13(11)12/h1-7,14,17H,8-10H2. The van der Waals surface area contributed by atoms with Gasteiger partial charge in [0.1, 0.15) is 6.23 Å². The molecule has 0 radical (unpaired) electrons. The van der Waals surface area contributed by atoms with Crippen LogP contribution >= 0.6 is 0 Å². The smallest absolute Gasteiger partial charge is 0.225 e. The van der Waals surface area contributed by atoms with Crippen molar-refractivity contribution in [3.05, 3.63) is 48.0 Å². The molecule has 0 bridgehead atoms. The van der Waals surface area contributed by atoms with E-state index in [1.165, 1.54) is 0 Å². The number of fused-ring (bicyclic) bond motifs is 1. The first-order valence-electron chi connectivity index (χ1n) is 6.20. The van der Waals surface area contributed by atoms with E-state index >= 15 is 0 Å². The molecular weight excluding hydrogens is 226 g/mol. The largest absolute Gasteiger partial charge is 0.373 e. The van der Waals surface area contributed by atoms with Gasteiger partial charge >= 0.3 is 0 Å². The first kappa shape index (κ1) is 11.2. The van der Waals surface area contributed by atoms with Gasteiger partial charge in [-0.25, -0.2) is 0 Å². The van der Waals surface area contributed by atoms with Gasteiger partial charge in [0.15, 0.2) is 0 Å². The number of hydrogen-bond donors (Lipinski definition) is 1. The van der Waals surface area contributed by atoms with Crippen LogP contribution in [0.5, 0.6) is 0 Å². The highest BCUT2D eigenvalue weighted by molar-refractivity contribution is 5.86. The maximum absolute atomic E-state index is 11.7. The van der Waals surface area contributed by atoms with Gasteiger partial charge in [-0.3, -0.25) is 4.79 Å². The van der Waals surface area contributed by atoms with Crippen LogP contribution in [0.25, 0.3) is 10.8 Å². The summed E-state index contributed by atoms with van der Waals surface area (Å²) in [6.45, 7) is 0.487. The van der Waals surface area contributed by atoms with Crippen molar-refractivity contribution >= 4 is 16.7 Å². The Morgan fingerprint density at radius 1 is 1.17 bits per heavy atom. The highest BCUT2D eigenvalue weighted by atomic mass is 16.3. The molecule has 1 aliphatic heterocycles. The molecule has 0 aromatic heterocycles. The lowest BCUT2D eigenvalue weighted by atomic mass is 10.0. The van der Waals surface area contributed by atoms with E-state index in [0.717, 1.165) is 16.3 Å². The first-order valence-corrected chi connectivity index (χ1v) is 6.20. The summed E-state index contributed by atoms with van der Waals surface area (Å²) in [7, 11) is 0. The molecule has 1 saturated heterocycles. The van der Waals surface area contributed by atoms with E-state index in [4.69, 9.17) is 0 Å². The van der Waals surface area contributed by atoms with E-state index in [1.807, 2.05) is 24.3 Å². The number of carbonyl (C=O) groups excluding carboxylic acids is 1. The lowest BCUT2D eigenvalue weighted by Gasteiger charge is -2.21. The Kier molecular flexibility index (Phi) is 2.76. The van der Waals surface area contributed by atoms with Crippen molar-refractivity contribution in [1.82, 2.24) is 4.90 Å². The summed E-state index contributed by atoms with van der Waals surface area (Å²) in [5, 5.41) is 12.1. The summed E-state index contributed by atoms with van der Waals surface area (Å²) in [4.78, 5) is 13.2. The first-order chi connectivity index (χ1) is 8.75. The number of carbonyl (C=O) groups is 1. The summed E-state index contributed by atoms with van der Waals surface area (Å²) in [6, 6.07) is 14.2. The Morgan fingerprint density at radius 2 is 1.94 bits per heavy atom. The Bertz CT molecular complexity index is 589. The third kappa shape index (κ3) is 1.87. The average molecular weight is 241 g/mol. The Labute approximate surface area is 106 Å². The molecule has 1 heterocycles. The lowest BCUT2D eigenvalue weighted by Crippen LogP contribution is -2.32. The fourth-order valence-electron chi connectivity index (χ4n) is 2.53. The minimum absolute atomic E-state index is 0.0374. The van der Waals surface area contributed by atoms with Gasteiger partial charge in [-0.2, -0.15) is 0 Å². The van der Waals surface area contributed by atoms with Crippen molar-refractivity contribution in [3.8, 4) is 0 Å². The van der Waals surface area contributed by atoms with E-state index in [1.54, 1.807) is 4.90 Å². The van der Waals surface area contributed by atoms with Gasteiger partial charge in [-0.15, -0.1) is 0 Å². The molecule has 1 amide bonds. The van der Waals surface area contributed by atoms with Gasteiger partial charge in [0, 0.05) is 19.4 Å². The minimum Gasteiger partial charge on any atom is -0.373 e. The molecule has 0 saturated carbocycles. The Balaban J connectivity index is 1.97. The quantitative estimate of drug-likeness (QED) is 0.876. The summed E-state index contributed by atoms with van der Waals surface area (Å²) in [6.07, 6.45) is 0.367. The van der Waals surface area contributed by atoms with Crippen LogP contribution in [0.3, 0.4) is 0 Å². The van der Waals surface area contributed by atoms with Gasteiger partial charge in [-0.05, 0) is 16.3 Å². The van der Waals surface area contributed by atoms with Crippen LogP contribution < -0.4 is 0 Å². The number of rotatable bonds is 2. The molecule has 2 aromatic rings. The zero-order chi connectivity index (χ0) is 12.5. The van der Waals surface area contributed by atoms with Gasteiger partial charge in [0.25, 0.3) is 0 Å². The molecule has 0 aliphatic carbocycles. The zero-order valence-corrected chi connectivity index (χ0v) is 10.0. The molecule has 3 heteroatoms. The number of nitrogens with zero attached hydrogens (tertiary/aromatic N) is 1. The Hall–Kier alpha value is -1.87. The second-order valence-electron chi connectivity index (χ2n) is 4.68.